The lowest BCUT2D eigenvalue weighted by Crippen LogP contribution is -2.15. The molecule has 1 heterocycles. The minimum absolute atomic E-state index is 0.0611. The number of nitro benzene ring substituents is 1. The van der Waals surface area contributed by atoms with Crippen molar-refractivity contribution in [2.24, 2.45) is 0 Å². The van der Waals surface area contributed by atoms with Crippen LogP contribution in [0.2, 0.25) is 10.0 Å². The van der Waals surface area contributed by atoms with E-state index in [4.69, 9.17) is 23.2 Å². The first-order valence-corrected chi connectivity index (χ1v) is 8.18. The van der Waals surface area contributed by atoms with Gasteiger partial charge in [-0.3, -0.25) is 25.0 Å². The first-order chi connectivity index (χ1) is 11.8. The second kappa shape index (κ2) is 8.10. The Kier molecular flexibility index (Phi) is 6.12. The van der Waals surface area contributed by atoms with Crippen LogP contribution in [-0.2, 0) is 4.79 Å². The van der Waals surface area contributed by atoms with E-state index >= 15 is 0 Å². The summed E-state index contributed by atoms with van der Waals surface area (Å²) in [4.78, 5) is 35.8. The van der Waals surface area contributed by atoms with E-state index in [1.54, 1.807) is 0 Å². The van der Waals surface area contributed by atoms with Crippen molar-refractivity contribution < 1.29 is 14.6 Å². The molecule has 0 saturated heterocycles. The number of rotatable bonds is 6. The van der Waals surface area contributed by atoms with E-state index in [-0.39, 0.29) is 32.9 Å². The summed E-state index contributed by atoms with van der Waals surface area (Å²) >= 11 is 12.8. The second-order valence-electron chi connectivity index (χ2n) is 4.49. The third kappa shape index (κ3) is 5.02. The number of pyridine rings is 1. The SMILES string of the molecule is O=C(CSc1ccc([N+](=O)[O-])cn1)Nc1c(Cl)cc([N+](=O)[O-])cc1Cl. The number of hydrogen-bond acceptors (Lipinski definition) is 7. The van der Waals surface area contributed by atoms with Gasteiger partial charge in [0, 0.05) is 18.2 Å². The molecule has 0 spiro atoms. The lowest BCUT2D eigenvalue weighted by atomic mass is 10.3. The van der Waals surface area contributed by atoms with Crippen molar-refractivity contribution in [1.82, 2.24) is 4.98 Å². The lowest BCUT2D eigenvalue weighted by Gasteiger charge is -2.09. The summed E-state index contributed by atoms with van der Waals surface area (Å²) in [5.74, 6) is -0.531. The predicted molar refractivity (Wildman–Crippen MR) is 93.4 cm³/mol. The number of hydrogen-bond donors (Lipinski definition) is 1. The molecule has 130 valence electrons. The molecule has 1 aromatic heterocycles. The molecule has 1 aromatic carbocycles. The highest BCUT2D eigenvalue weighted by atomic mass is 35.5. The molecule has 0 fully saturated rings. The molecule has 1 N–H and O–H groups in total. The number of thioether (sulfide) groups is 1. The Hall–Kier alpha value is -2.43. The summed E-state index contributed by atoms with van der Waals surface area (Å²) in [6, 6.07) is 4.85. The molecule has 2 rings (SSSR count). The van der Waals surface area contributed by atoms with E-state index in [1.165, 1.54) is 12.1 Å². The van der Waals surface area contributed by atoms with E-state index in [9.17, 15) is 25.0 Å². The van der Waals surface area contributed by atoms with Crippen LogP contribution < -0.4 is 5.32 Å². The van der Waals surface area contributed by atoms with Gasteiger partial charge in [0.05, 0.1) is 36.4 Å². The summed E-state index contributed by atoms with van der Waals surface area (Å²) in [6.07, 6.45) is 1.09. The van der Waals surface area contributed by atoms with Crippen LogP contribution in [0.25, 0.3) is 0 Å². The van der Waals surface area contributed by atoms with Crippen LogP contribution in [-0.4, -0.2) is 26.5 Å². The molecule has 9 nitrogen and oxygen atoms in total. The number of halogens is 2. The van der Waals surface area contributed by atoms with Crippen LogP contribution in [0.1, 0.15) is 0 Å². The number of nitro groups is 2. The van der Waals surface area contributed by atoms with Gasteiger partial charge in [0.1, 0.15) is 6.20 Å². The van der Waals surface area contributed by atoms with Crippen LogP contribution in [0.3, 0.4) is 0 Å². The lowest BCUT2D eigenvalue weighted by molar-refractivity contribution is -0.385. The fraction of sp³-hybridized carbons (Fsp3) is 0.0769. The smallest absolute Gasteiger partial charge is 0.287 e. The number of amides is 1. The highest BCUT2D eigenvalue weighted by Gasteiger charge is 2.16. The number of carbonyl (C=O) groups is 1. The third-order valence-electron chi connectivity index (χ3n) is 2.78. The zero-order valence-corrected chi connectivity index (χ0v) is 14.5. The summed E-state index contributed by atoms with van der Waals surface area (Å²) < 4.78 is 0. The Morgan fingerprint density at radius 1 is 1.12 bits per heavy atom. The van der Waals surface area contributed by atoms with Gasteiger partial charge in [-0.25, -0.2) is 4.98 Å². The standard InChI is InChI=1S/C13H8Cl2N4O5S/c14-9-3-8(19(23)24)4-10(15)13(9)17-11(20)6-25-12-2-1-7(5-16-12)18(21)22/h1-5H,6H2,(H,17,20). The Morgan fingerprint density at radius 3 is 2.20 bits per heavy atom. The van der Waals surface area contributed by atoms with Crippen LogP contribution in [0.5, 0.6) is 0 Å². The summed E-state index contributed by atoms with van der Waals surface area (Å²) in [6.45, 7) is 0. The number of non-ortho nitro benzene ring substituents is 1. The topological polar surface area (TPSA) is 128 Å². The van der Waals surface area contributed by atoms with Crippen LogP contribution in [0, 0.1) is 20.2 Å². The maximum Gasteiger partial charge on any atom is 0.287 e. The van der Waals surface area contributed by atoms with Crippen molar-refractivity contribution in [2.45, 2.75) is 5.03 Å². The third-order valence-corrected chi connectivity index (χ3v) is 4.32. The van der Waals surface area contributed by atoms with Gasteiger partial charge < -0.3 is 5.32 Å². The summed E-state index contributed by atoms with van der Waals surface area (Å²) in [5.41, 5.74) is -0.383. The summed E-state index contributed by atoms with van der Waals surface area (Å²) in [7, 11) is 0. The maximum atomic E-state index is 12.0. The minimum Gasteiger partial charge on any atom is -0.323 e. The molecule has 0 aliphatic rings. The second-order valence-corrected chi connectivity index (χ2v) is 6.30. The van der Waals surface area contributed by atoms with Gasteiger partial charge in [-0.2, -0.15) is 0 Å². The molecule has 0 aliphatic carbocycles. The number of nitrogens with one attached hydrogen (secondary N) is 1. The van der Waals surface area contributed by atoms with Gasteiger partial charge in [-0.05, 0) is 6.07 Å². The van der Waals surface area contributed by atoms with Crippen molar-refractivity contribution in [3.8, 4) is 0 Å². The largest absolute Gasteiger partial charge is 0.323 e. The Labute approximate surface area is 154 Å². The van der Waals surface area contributed by atoms with Crippen LogP contribution in [0.4, 0.5) is 17.1 Å². The van der Waals surface area contributed by atoms with E-state index in [0.717, 1.165) is 30.1 Å². The molecular formula is C13H8Cl2N4O5S. The number of carbonyl (C=O) groups excluding carboxylic acids is 1. The van der Waals surface area contributed by atoms with Crippen molar-refractivity contribution in [3.63, 3.8) is 0 Å². The van der Waals surface area contributed by atoms with Gasteiger partial charge in [-0.15, -0.1) is 0 Å². The zero-order valence-electron chi connectivity index (χ0n) is 12.1. The number of benzene rings is 1. The van der Waals surface area contributed by atoms with Gasteiger partial charge in [0.15, 0.2) is 0 Å². The fourth-order valence-corrected chi connectivity index (χ4v) is 2.88. The van der Waals surface area contributed by atoms with Crippen molar-refractivity contribution in [1.29, 1.82) is 0 Å². The van der Waals surface area contributed by atoms with Crippen molar-refractivity contribution >= 4 is 57.9 Å². The minimum atomic E-state index is -0.653. The number of anilines is 1. The van der Waals surface area contributed by atoms with Gasteiger partial charge in [-0.1, -0.05) is 35.0 Å². The molecule has 0 aliphatic heterocycles. The first kappa shape index (κ1) is 18.9. The van der Waals surface area contributed by atoms with Crippen LogP contribution >= 0.6 is 35.0 Å². The predicted octanol–water partition coefficient (Wildman–Crippen LogP) is 3.94. The Morgan fingerprint density at radius 2 is 1.72 bits per heavy atom. The van der Waals surface area contributed by atoms with Crippen LogP contribution in [0.15, 0.2) is 35.5 Å². The van der Waals surface area contributed by atoms with E-state index in [1.807, 2.05) is 0 Å². The molecule has 2 aromatic rings. The van der Waals surface area contributed by atoms with Gasteiger partial charge in [0.2, 0.25) is 5.91 Å². The number of nitrogens with zero attached hydrogens (tertiary/aromatic N) is 3. The molecular weight excluding hydrogens is 395 g/mol. The molecule has 1 amide bonds. The Bertz CT molecular complexity index is 824. The molecule has 12 heteroatoms. The first-order valence-electron chi connectivity index (χ1n) is 6.44. The van der Waals surface area contributed by atoms with Crippen molar-refractivity contribution in [3.05, 3.63) is 60.7 Å². The Balaban J connectivity index is 2.01. The highest BCUT2D eigenvalue weighted by Crippen LogP contribution is 2.34. The quantitative estimate of drug-likeness (QED) is 0.439. The van der Waals surface area contributed by atoms with E-state index in [2.05, 4.69) is 10.3 Å². The van der Waals surface area contributed by atoms with Gasteiger partial charge >= 0.3 is 0 Å². The monoisotopic (exact) mass is 402 g/mol. The van der Waals surface area contributed by atoms with E-state index < -0.39 is 15.8 Å². The zero-order chi connectivity index (χ0) is 18.6. The van der Waals surface area contributed by atoms with E-state index in [0.29, 0.717) is 5.03 Å². The van der Waals surface area contributed by atoms with Crippen molar-refractivity contribution in [2.75, 3.05) is 11.1 Å². The average molecular weight is 403 g/mol. The molecule has 25 heavy (non-hydrogen) atoms. The highest BCUT2D eigenvalue weighted by molar-refractivity contribution is 7.99. The summed E-state index contributed by atoms with van der Waals surface area (Å²) in [5, 5.41) is 24.0. The molecule has 0 atom stereocenters. The molecule has 0 saturated carbocycles. The van der Waals surface area contributed by atoms with Gasteiger partial charge in [0.25, 0.3) is 11.4 Å². The normalized spacial score (nSPS) is 10.3. The molecule has 0 radical (unpaired) electrons. The average Bonchev–Trinajstić information content (AvgIpc) is 2.56. The fourth-order valence-electron chi connectivity index (χ4n) is 1.67. The molecule has 0 unspecified atom stereocenters. The molecule has 0 bridgehead atoms. The maximum absolute atomic E-state index is 12.0. The number of aromatic nitrogens is 1.